The van der Waals surface area contributed by atoms with Crippen molar-refractivity contribution < 1.29 is 35.7 Å². The number of rotatable bonds is 7. The molecule has 1 aliphatic rings. The fraction of sp³-hybridized carbons (Fsp3) is 0.368. The van der Waals surface area contributed by atoms with Crippen molar-refractivity contribution in [2.45, 2.75) is 12.2 Å². The van der Waals surface area contributed by atoms with Crippen molar-refractivity contribution in [3.63, 3.8) is 0 Å². The van der Waals surface area contributed by atoms with E-state index in [2.05, 4.69) is 0 Å². The van der Waals surface area contributed by atoms with Crippen LogP contribution in [0.1, 0.15) is 1.37 Å². The van der Waals surface area contributed by atoms with Crippen LogP contribution in [0, 0.1) is 0 Å². The average molecular weight is 371 g/mol. The number of aliphatic hydroxyl groups excluding tert-OH is 2. The summed E-state index contributed by atoms with van der Waals surface area (Å²) in [6.45, 7) is 1.39. The minimum atomic E-state index is -1.00. The van der Waals surface area contributed by atoms with E-state index in [1.807, 2.05) is 48.5 Å². The first-order chi connectivity index (χ1) is 12.7. The number of alkyl halides is 1. The van der Waals surface area contributed by atoms with E-state index in [1.54, 1.807) is 12.1 Å². The van der Waals surface area contributed by atoms with Crippen LogP contribution >= 0.6 is 0 Å². The molecule has 1 fully saturated rings. The van der Waals surface area contributed by atoms with Crippen LogP contribution in [-0.4, -0.2) is 61.5 Å². The zero-order valence-corrected chi connectivity index (χ0v) is 14.5. The van der Waals surface area contributed by atoms with Gasteiger partial charge in [0.05, 0.1) is 21.7 Å². The number of hydrogen-bond donors (Lipinski definition) is 2. The van der Waals surface area contributed by atoms with Crippen molar-refractivity contribution in [1.82, 2.24) is 0 Å². The molecular weight excluding hydrogens is 343 g/mol. The molecule has 6 nitrogen and oxygen atoms in total. The van der Waals surface area contributed by atoms with Gasteiger partial charge in [0.15, 0.2) is 0 Å². The zero-order chi connectivity index (χ0) is 19.0. The van der Waals surface area contributed by atoms with E-state index in [-0.39, 0.29) is 18.7 Å². The highest BCUT2D eigenvalue weighted by Crippen LogP contribution is 2.13. The maximum Gasteiger partial charge on any atom is 0.119 e. The lowest BCUT2D eigenvalue weighted by molar-refractivity contribution is 0.0536. The fourth-order valence-electron chi connectivity index (χ4n) is 1.63. The highest BCUT2D eigenvalue weighted by atomic mass is 19.1. The van der Waals surface area contributed by atoms with E-state index >= 15 is 0 Å². The molecule has 2 unspecified atom stereocenters. The predicted octanol–water partition coefficient (Wildman–Crippen LogP) is 1.64. The molecular formula is C19H27FO6. The van der Waals surface area contributed by atoms with Crippen molar-refractivity contribution in [1.29, 1.82) is 0 Å². The first-order valence-electron chi connectivity index (χ1n) is 8.51. The normalized spacial score (nSPS) is 15.5. The van der Waals surface area contributed by atoms with Crippen LogP contribution in [0.2, 0.25) is 0 Å². The quantitative estimate of drug-likeness (QED) is 0.720. The molecule has 146 valence electrons. The van der Waals surface area contributed by atoms with Crippen molar-refractivity contribution in [3.8, 4) is 11.5 Å². The minimum absolute atomic E-state index is 0. The van der Waals surface area contributed by atoms with Gasteiger partial charge >= 0.3 is 0 Å². The number of epoxide rings is 1. The summed E-state index contributed by atoms with van der Waals surface area (Å²) in [5.41, 5.74) is 0. The number of hydrogen-bond acceptors (Lipinski definition) is 5. The van der Waals surface area contributed by atoms with Gasteiger partial charge in [-0.2, -0.15) is 0 Å². The van der Waals surface area contributed by atoms with Gasteiger partial charge in [0.2, 0.25) is 0 Å². The third-order valence-electron chi connectivity index (χ3n) is 2.98. The van der Waals surface area contributed by atoms with Crippen LogP contribution in [0.4, 0.5) is 4.39 Å². The number of halogens is 1. The van der Waals surface area contributed by atoms with E-state index in [9.17, 15) is 4.39 Å². The smallest absolute Gasteiger partial charge is 0.119 e. The molecule has 0 aromatic heterocycles. The summed E-state index contributed by atoms with van der Waals surface area (Å²) >= 11 is 0. The molecule has 2 aromatic carbocycles. The topological polar surface area (TPSA) is 103 Å². The Morgan fingerprint density at radius 3 is 2.00 bits per heavy atom. The molecule has 0 spiro atoms. The summed E-state index contributed by atoms with van der Waals surface area (Å²) in [5.74, 6) is 1.62. The van der Waals surface area contributed by atoms with Gasteiger partial charge in [0.25, 0.3) is 0 Å². The molecule has 0 amide bonds. The molecule has 3 rings (SSSR count). The van der Waals surface area contributed by atoms with E-state index < -0.39 is 13.3 Å². The van der Waals surface area contributed by atoms with Crippen LogP contribution in [0.5, 0.6) is 11.5 Å². The Labute approximate surface area is 154 Å². The third kappa shape index (κ3) is 11.4. The lowest BCUT2D eigenvalue weighted by atomic mass is 10.3. The first-order valence-corrected chi connectivity index (χ1v) is 7.81. The molecule has 4 N–H and O–H groups in total. The van der Waals surface area contributed by atoms with E-state index in [4.69, 9.17) is 25.8 Å². The van der Waals surface area contributed by atoms with Gasteiger partial charge in [-0.05, 0) is 24.3 Å². The molecule has 2 aromatic rings. The standard InChI is InChI=1S/C9H12O3.C9H10O2.CH3F.H2O/c10-6-8(11)7-12-9-4-2-1-3-5-9;1-2-4-8(5-3-1)10-6-9-7-11-9;1-2;/h1-5,8,10-11H,6-7H2;1-5,9H,6-7H2;1H3;1H2/i;;1D;. The Hall–Kier alpha value is -2.19. The lowest BCUT2D eigenvalue weighted by Crippen LogP contribution is -2.21. The molecule has 0 radical (unpaired) electrons. The fourth-order valence-corrected chi connectivity index (χ4v) is 1.63. The molecule has 0 saturated carbocycles. The summed E-state index contributed by atoms with van der Waals surface area (Å²) in [7, 11) is -1.00. The summed E-state index contributed by atoms with van der Waals surface area (Å²) in [6, 6.07) is 19.0. The second kappa shape index (κ2) is 15.1. The van der Waals surface area contributed by atoms with Crippen molar-refractivity contribution in [2.24, 2.45) is 0 Å². The highest BCUT2D eigenvalue weighted by Gasteiger charge is 2.22. The Bertz CT molecular complexity index is 557. The van der Waals surface area contributed by atoms with E-state index in [0.29, 0.717) is 18.5 Å². The molecule has 0 aliphatic carbocycles. The van der Waals surface area contributed by atoms with Gasteiger partial charge < -0.3 is 29.9 Å². The zero-order valence-electron chi connectivity index (χ0n) is 15.5. The predicted molar refractivity (Wildman–Crippen MR) is 97.4 cm³/mol. The molecule has 7 heteroatoms. The van der Waals surface area contributed by atoms with Crippen LogP contribution in [-0.2, 0) is 4.74 Å². The van der Waals surface area contributed by atoms with Gasteiger partial charge in [0.1, 0.15) is 36.9 Å². The van der Waals surface area contributed by atoms with Crippen LogP contribution in [0.25, 0.3) is 0 Å². The second-order valence-corrected chi connectivity index (χ2v) is 5.04. The first kappa shape index (κ1) is 21.9. The Morgan fingerprint density at radius 2 is 1.58 bits per heavy atom. The minimum Gasteiger partial charge on any atom is -0.491 e. The maximum absolute atomic E-state index is 9.96. The van der Waals surface area contributed by atoms with Gasteiger partial charge in [-0.15, -0.1) is 0 Å². The van der Waals surface area contributed by atoms with E-state index in [0.717, 1.165) is 12.4 Å². The Balaban J connectivity index is 0.000000425. The molecule has 1 aliphatic heterocycles. The number of aliphatic hydroxyl groups is 2. The van der Waals surface area contributed by atoms with Gasteiger partial charge in [0, 0.05) is 0 Å². The highest BCUT2D eigenvalue weighted by molar-refractivity contribution is 5.21. The van der Waals surface area contributed by atoms with Crippen LogP contribution in [0.15, 0.2) is 60.7 Å². The summed E-state index contributed by atoms with van der Waals surface area (Å²) in [4.78, 5) is 0. The monoisotopic (exact) mass is 371 g/mol. The second-order valence-electron chi connectivity index (χ2n) is 5.04. The van der Waals surface area contributed by atoms with Crippen molar-refractivity contribution >= 4 is 0 Å². The Kier molecular flexibility index (Phi) is 12.7. The summed E-state index contributed by atoms with van der Waals surface area (Å²) < 4.78 is 31.1. The SMILES string of the molecule is O.OCC(O)COc1ccccc1.[2H]CF.c1ccc(OCC2CO2)cc1. The van der Waals surface area contributed by atoms with E-state index in [1.165, 1.54) is 0 Å². The molecule has 1 heterocycles. The average Bonchev–Trinajstić information content (AvgIpc) is 3.52. The number of ether oxygens (including phenoxy) is 3. The maximum atomic E-state index is 9.96. The van der Waals surface area contributed by atoms with Crippen molar-refractivity contribution in [2.75, 3.05) is 33.6 Å². The molecule has 0 bridgehead atoms. The van der Waals surface area contributed by atoms with Crippen LogP contribution in [0.3, 0.4) is 0 Å². The molecule has 26 heavy (non-hydrogen) atoms. The summed E-state index contributed by atoms with van der Waals surface area (Å²) in [5, 5.41) is 17.4. The van der Waals surface area contributed by atoms with Crippen molar-refractivity contribution in [3.05, 3.63) is 60.7 Å². The third-order valence-corrected chi connectivity index (χ3v) is 2.98. The van der Waals surface area contributed by atoms with Gasteiger partial charge in [-0.25, -0.2) is 0 Å². The largest absolute Gasteiger partial charge is 0.491 e. The Morgan fingerprint density at radius 1 is 1.12 bits per heavy atom. The lowest BCUT2D eigenvalue weighted by Gasteiger charge is -2.08. The van der Waals surface area contributed by atoms with Gasteiger partial charge in [-0.3, -0.25) is 4.39 Å². The molecule has 2 atom stereocenters. The molecule has 1 saturated heterocycles. The summed E-state index contributed by atoms with van der Waals surface area (Å²) in [6.07, 6.45) is -0.458. The number of benzene rings is 2. The van der Waals surface area contributed by atoms with Gasteiger partial charge in [-0.1, -0.05) is 36.4 Å². The number of para-hydroxylation sites is 2. The van der Waals surface area contributed by atoms with Crippen LogP contribution < -0.4 is 9.47 Å².